The molecule has 3 N–H and O–H groups in total. The van der Waals surface area contributed by atoms with E-state index in [0.29, 0.717) is 12.5 Å². The molecule has 1 aromatic carbocycles. The fraction of sp³-hybridized carbons (Fsp3) is 0.417. The maximum absolute atomic E-state index is 11.0. The summed E-state index contributed by atoms with van der Waals surface area (Å²) in [5.74, 6) is 1.10. The number of hydrogen-bond donors (Lipinski definition) is 2. The number of thioether (sulfide) groups is 1. The van der Waals surface area contributed by atoms with E-state index < -0.39 is 0 Å². The van der Waals surface area contributed by atoms with Gasteiger partial charge in [0.05, 0.1) is 0 Å². The SMILES string of the molecule is Cc1c(N)cccc1SCC1CCC(=O)N1. The molecular formula is C12H16N2OS. The first-order chi connectivity index (χ1) is 7.66. The molecule has 1 saturated heterocycles. The lowest BCUT2D eigenvalue weighted by atomic mass is 10.2. The number of anilines is 1. The van der Waals surface area contributed by atoms with Gasteiger partial charge in [-0.2, -0.15) is 0 Å². The molecule has 1 aliphatic heterocycles. The summed E-state index contributed by atoms with van der Waals surface area (Å²) in [4.78, 5) is 12.3. The number of rotatable bonds is 3. The van der Waals surface area contributed by atoms with Crippen molar-refractivity contribution in [2.45, 2.75) is 30.7 Å². The van der Waals surface area contributed by atoms with Crippen LogP contribution in [0.3, 0.4) is 0 Å². The number of nitrogens with two attached hydrogens (primary N) is 1. The molecule has 1 aliphatic rings. The van der Waals surface area contributed by atoms with Crippen LogP contribution in [0.15, 0.2) is 23.1 Å². The predicted octanol–water partition coefficient (Wildman–Crippen LogP) is 1.95. The highest BCUT2D eigenvalue weighted by Crippen LogP contribution is 2.27. The lowest BCUT2D eigenvalue weighted by Crippen LogP contribution is -2.27. The van der Waals surface area contributed by atoms with Gasteiger partial charge in [-0.15, -0.1) is 11.8 Å². The third-order valence-corrected chi connectivity index (χ3v) is 4.17. The average molecular weight is 236 g/mol. The Labute approximate surface area is 99.8 Å². The minimum absolute atomic E-state index is 0.176. The molecule has 16 heavy (non-hydrogen) atoms. The van der Waals surface area contributed by atoms with Crippen LogP contribution in [-0.4, -0.2) is 17.7 Å². The van der Waals surface area contributed by atoms with Crippen LogP contribution in [0.25, 0.3) is 0 Å². The molecule has 4 heteroatoms. The van der Waals surface area contributed by atoms with Gasteiger partial charge in [0.15, 0.2) is 0 Å². The van der Waals surface area contributed by atoms with Crippen molar-refractivity contribution < 1.29 is 4.79 Å². The number of nitrogens with one attached hydrogen (secondary N) is 1. The van der Waals surface area contributed by atoms with E-state index in [9.17, 15) is 4.79 Å². The first-order valence-corrected chi connectivity index (χ1v) is 6.42. The van der Waals surface area contributed by atoms with E-state index in [4.69, 9.17) is 5.73 Å². The largest absolute Gasteiger partial charge is 0.398 e. The van der Waals surface area contributed by atoms with Gasteiger partial charge >= 0.3 is 0 Å². The Hall–Kier alpha value is -1.16. The van der Waals surface area contributed by atoms with Crippen molar-refractivity contribution in [2.24, 2.45) is 0 Å². The van der Waals surface area contributed by atoms with Crippen molar-refractivity contribution in [3.8, 4) is 0 Å². The Morgan fingerprint density at radius 2 is 2.38 bits per heavy atom. The van der Waals surface area contributed by atoms with Gasteiger partial charge in [-0.1, -0.05) is 6.07 Å². The molecule has 0 aliphatic carbocycles. The molecule has 3 nitrogen and oxygen atoms in total. The molecule has 0 saturated carbocycles. The molecule has 0 aromatic heterocycles. The third-order valence-electron chi connectivity index (χ3n) is 2.85. The molecule has 1 amide bonds. The Kier molecular flexibility index (Phi) is 3.39. The van der Waals surface area contributed by atoms with Gasteiger partial charge < -0.3 is 11.1 Å². The molecule has 86 valence electrons. The summed E-state index contributed by atoms with van der Waals surface area (Å²) in [6, 6.07) is 6.28. The van der Waals surface area contributed by atoms with Gasteiger partial charge in [0.1, 0.15) is 0 Å². The van der Waals surface area contributed by atoms with Gasteiger partial charge in [0, 0.05) is 28.8 Å². The lowest BCUT2D eigenvalue weighted by Gasteiger charge is -2.11. The second-order valence-corrected chi connectivity index (χ2v) is 5.15. The van der Waals surface area contributed by atoms with Crippen molar-refractivity contribution in [1.82, 2.24) is 5.32 Å². The molecule has 0 radical (unpaired) electrons. The van der Waals surface area contributed by atoms with Gasteiger partial charge in [-0.3, -0.25) is 4.79 Å². The summed E-state index contributed by atoms with van der Waals surface area (Å²) >= 11 is 1.77. The number of nitrogen functional groups attached to an aromatic ring is 1. The topological polar surface area (TPSA) is 55.1 Å². The van der Waals surface area contributed by atoms with E-state index in [-0.39, 0.29) is 5.91 Å². The van der Waals surface area contributed by atoms with Crippen LogP contribution in [0, 0.1) is 6.92 Å². The van der Waals surface area contributed by atoms with Crippen LogP contribution < -0.4 is 11.1 Å². The van der Waals surface area contributed by atoms with Gasteiger partial charge in [0.2, 0.25) is 5.91 Å². The van der Waals surface area contributed by atoms with Gasteiger partial charge in [-0.05, 0) is 31.0 Å². The van der Waals surface area contributed by atoms with E-state index in [0.717, 1.165) is 23.4 Å². The Bertz CT molecular complexity index is 406. The summed E-state index contributed by atoms with van der Waals surface area (Å²) in [5.41, 5.74) is 7.81. The standard InChI is InChI=1S/C12H16N2OS/c1-8-10(13)3-2-4-11(8)16-7-9-5-6-12(15)14-9/h2-4,9H,5-7,13H2,1H3,(H,14,15). The highest BCUT2D eigenvalue weighted by atomic mass is 32.2. The van der Waals surface area contributed by atoms with Crippen molar-refractivity contribution in [1.29, 1.82) is 0 Å². The van der Waals surface area contributed by atoms with E-state index in [1.165, 1.54) is 4.90 Å². The van der Waals surface area contributed by atoms with Crippen LogP contribution in [0.4, 0.5) is 5.69 Å². The van der Waals surface area contributed by atoms with E-state index >= 15 is 0 Å². The summed E-state index contributed by atoms with van der Waals surface area (Å²) in [5, 5.41) is 2.97. The Morgan fingerprint density at radius 3 is 3.06 bits per heavy atom. The van der Waals surface area contributed by atoms with Gasteiger partial charge in [-0.25, -0.2) is 0 Å². The number of carbonyl (C=O) groups excluding carboxylic acids is 1. The first kappa shape index (κ1) is 11.3. The number of carbonyl (C=O) groups is 1. The summed E-state index contributed by atoms with van der Waals surface area (Å²) in [7, 11) is 0. The smallest absolute Gasteiger partial charge is 0.220 e. The van der Waals surface area contributed by atoms with Crippen LogP contribution >= 0.6 is 11.8 Å². The summed E-state index contributed by atoms with van der Waals surface area (Å²) in [6.07, 6.45) is 1.62. The summed E-state index contributed by atoms with van der Waals surface area (Å²) in [6.45, 7) is 2.03. The fourth-order valence-corrected chi connectivity index (χ4v) is 2.92. The summed E-state index contributed by atoms with van der Waals surface area (Å²) < 4.78 is 0. The predicted molar refractivity (Wildman–Crippen MR) is 67.5 cm³/mol. The Morgan fingerprint density at radius 1 is 1.56 bits per heavy atom. The lowest BCUT2D eigenvalue weighted by molar-refractivity contribution is -0.119. The molecule has 0 bridgehead atoms. The maximum atomic E-state index is 11.0. The maximum Gasteiger partial charge on any atom is 0.220 e. The number of amides is 1. The van der Waals surface area contributed by atoms with Crippen LogP contribution in [0.5, 0.6) is 0 Å². The highest BCUT2D eigenvalue weighted by Gasteiger charge is 2.20. The zero-order valence-corrected chi connectivity index (χ0v) is 10.1. The van der Waals surface area contributed by atoms with Crippen molar-refractivity contribution in [3.05, 3.63) is 23.8 Å². The zero-order chi connectivity index (χ0) is 11.5. The Balaban J connectivity index is 1.94. The van der Waals surface area contributed by atoms with Crippen molar-refractivity contribution in [3.63, 3.8) is 0 Å². The normalized spacial score (nSPS) is 19.8. The molecule has 2 rings (SSSR count). The number of hydrogen-bond acceptors (Lipinski definition) is 3. The minimum Gasteiger partial charge on any atom is -0.398 e. The van der Waals surface area contributed by atoms with Crippen LogP contribution in [0.2, 0.25) is 0 Å². The minimum atomic E-state index is 0.176. The molecule has 1 heterocycles. The second kappa shape index (κ2) is 4.78. The quantitative estimate of drug-likeness (QED) is 0.623. The molecule has 1 aromatic rings. The molecule has 0 spiro atoms. The third kappa shape index (κ3) is 2.50. The number of benzene rings is 1. The van der Waals surface area contributed by atoms with E-state index in [2.05, 4.69) is 11.4 Å². The average Bonchev–Trinajstić information content (AvgIpc) is 2.67. The first-order valence-electron chi connectivity index (χ1n) is 5.44. The molecule has 1 fully saturated rings. The molecule has 1 unspecified atom stereocenters. The monoisotopic (exact) mass is 236 g/mol. The fourth-order valence-electron chi connectivity index (χ4n) is 1.78. The van der Waals surface area contributed by atoms with Crippen molar-refractivity contribution in [2.75, 3.05) is 11.5 Å². The highest BCUT2D eigenvalue weighted by molar-refractivity contribution is 7.99. The van der Waals surface area contributed by atoms with E-state index in [1.54, 1.807) is 11.8 Å². The van der Waals surface area contributed by atoms with Crippen molar-refractivity contribution >= 4 is 23.4 Å². The van der Waals surface area contributed by atoms with E-state index in [1.807, 2.05) is 19.1 Å². The molecular weight excluding hydrogens is 220 g/mol. The van der Waals surface area contributed by atoms with Crippen LogP contribution in [0.1, 0.15) is 18.4 Å². The zero-order valence-electron chi connectivity index (χ0n) is 9.32. The van der Waals surface area contributed by atoms with Gasteiger partial charge in [0.25, 0.3) is 0 Å². The molecule has 1 atom stereocenters. The van der Waals surface area contributed by atoms with Crippen LogP contribution in [-0.2, 0) is 4.79 Å². The second-order valence-electron chi connectivity index (χ2n) is 4.08.